The van der Waals surface area contributed by atoms with E-state index in [2.05, 4.69) is 52.6 Å². The summed E-state index contributed by atoms with van der Waals surface area (Å²) < 4.78 is 42.0. The maximum absolute atomic E-state index is 13.2. The van der Waals surface area contributed by atoms with Gasteiger partial charge in [-0.25, -0.2) is 9.97 Å². The van der Waals surface area contributed by atoms with Crippen molar-refractivity contribution < 1.29 is 13.2 Å². The van der Waals surface area contributed by atoms with Gasteiger partial charge in [-0.2, -0.15) is 13.2 Å². The molecular weight excluding hydrogens is 421 g/mol. The molecule has 8 heteroatoms. The van der Waals surface area contributed by atoms with Gasteiger partial charge in [-0.1, -0.05) is 19.9 Å². The molecule has 1 aliphatic carbocycles. The van der Waals surface area contributed by atoms with E-state index in [-0.39, 0.29) is 17.9 Å². The minimum Gasteiger partial charge on any atom is -0.341 e. The van der Waals surface area contributed by atoms with E-state index in [1.165, 1.54) is 40.6 Å². The zero-order valence-corrected chi connectivity index (χ0v) is 18.4. The topological polar surface area (TPSA) is 34.0 Å². The van der Waals surface area contributed by atoms with Gasteiger partial charge in [0.2, 0.25) is 5.95 Å². The molecule has 1 aliphatic heterocycles. The van der Waals surface area contributed by atoms with Gasteiger partial charge >= 0.3 is 6.18 Å². The zero-order chi connectivity index (χ0) is 21.8. The summed E-state index contributed by atoms with van der Waals surface area (Å²) in [6.07, 6.45) is -0.584. The Morgan fingerprint density at radius 3 is 2.65 bits per heavy atom. The lowest BCUT2D eigenvalue weighted by Gasteiger charge is -2.39. The van der Waals surface area contributed by atoms with Crippen molar-refractivity contribution >= 4 is 28.6 Å². The van der Waals surface area contributed by atoms with Crippen LogP contribution in [0, 0.1) is 11.8 Å². The van der Waals surface area contributed by atoms with Crippen LogP contribution in [0.15, 0.2) is 41.4 Å². The van der Waals surface area contributed by atoms with Gasteiger partial charge < -0.3 is 9.47 Å². The van der Waals surface area contributed by atoms with Gasteiger partial charge in [-0.3, -0.25) is 0 Å². The number of halogens is 3. The van der Waals surface area contributed by atoms with Crippen molar-refractivity contribution in [1.82, 2.24) is 14.5 Å². The average Bonchev–Trinajstić information content (AvgIpc) is 3.50. The summed E-state index contributed by atoms with van der Waals surface area (Å²) in [5.74, 6) is 2.37. The van der Waals surface area contributed by atoms with Crippen LogP contribution < -0.4 is 4.90 Å². The average molecular weight is 447 g/mol. The van der Waals surface area contributed by atoms with Crippen LogP contribution in [0.1, 0.15) is 44.1 Å². The van der Waals surface area contributed by atoms with Gasteiger partial charge in [0.05, 0.1) is 6.04 Å². The van der Waals surface area contributed by atoms with Crippen molar-refractivity contribution in [2.75, 3.05) is 17.2 Å². The molecule has 0 radical (unpaired) electrons. The number of fused-ring (bicyclic) bond motifs is 3. The first-order chi connectivity index (χ1) is 14.8. The molecular formula is C23H25F3N4S. The fraction of sp³-hybridized carbons (Fsp3) is 0.478. The van der Waals surface area contributed by atoms with E-state index in [1.807, 2.05) is 16.7 Å². The lowest BCUT2D eigenvalue weighted by Crippen LogP contribution is -2.41. The molecule has 0 bridgehead atoms. The quantitative estimate of drug-likeness (QED) is 0.439. The Morgan fingerprint density at radius 1 is 1.13 bits per heavy atom. The van der Waals surface area contributed by atoms with Crippen LogP contribution in [0.4, 0.5) is 19.1 Å². The van der Waals surface area contributed by atoms with E-state index in [0.717, 1.165) is 17.7 Å². The summed E-state index contributed by atoms with van der Waals surface area (Å²) in [6, 6.07) is 9.62. The van der Waals surface area contributed by atoms with Crippen molar-refractivity contribution in [2.45, 2.75) is 50.3 Å². The van der Waals surface area contributed by atoms with Crippen molar-refractivity contribution in [3.63, 3.8) is 0 Å². The molecule has 3 heterocycles. The molecule has 4 nitrogen and oxygen atoms in total. The normalized spacial score (nSPS) is 19.3. The van der Waals surface area contributed by atoms with E-state index < -0.39 is 11.9 Å². The molecule has 1 saturated carbocycles. The van der Waals surface area contributed by atoms with E-state index in [9.17, 15) is 13.2 Å². The Hall–Kier alpha value is -2.22. The van der Waals surface area contributed by atoms with Gasteiger partial charge in [0.25, 0.3) is 0 Å². The second-order valence-electron chi connectivity index (χ2n) is 8.82. The van der Waals surface area contributed by atoms with Gasteiger partial charge in [-0.15, -0.1) is 11.8 Å². The Kier molecular flexibility index (Phi) is 5.15. The van der Waals surface area contributed by atoms with Crippen LogP contribution in [-0.2, 0) is 12.7 Å². The molecule has 0 spiro atoms. The van der Waals surface area contributed by atoms with E-state index in [1.54, 1.807) is 0 Å². The molecule has 3 aromatic rings. The van der Waals surface area contributed by atoms with E-state index >= 15 is 0 Å². The monoisotopic (exact) mass is 446 g/mol. The van der Waals surface area contributed by atoms with Crippen LogP contribution in [-0.4, -0.2) is 26.8 Å². The molecule has 1 aromatic carbocycles. The summed E-state index contributed by atoms with van der Waals surface area (Å²) in [5, 5.41) is 1.17. The molecule has 2 aliphatic rings. The highest BCUT2D eigenvalue weighted by Gasteiger charge is 2.36. The minimum atomic E-state index is -4.48. The number of hydrogen-bond acceptors (Lipinski definition) is 4. The highest BCUT2D eigenvalue weighted by molar-refractivity contribution is 7.99. The first-order valence-corrected chi connectivity index (χ1v) is 11.7. The van der Waals surface area contributed by atoms with Gasteiger partial charge in [-0.05, 0) is 48.9 Å². The Balaban J connectivity index is 1.51. The fourth-order valence-corrected chi connectivity index (χ4v) is 5.54. The van der Waals surface area contributed by atoms with Crippen LogP contribution in [0.5, 0.6) is 0 Å². The van der Waals surface area contributed by atoms with E-state index in [0.29, 0.717) is 13.1 Å². The maximum atomic E-state index is 13.2. The number of thioether (sulfide) groups is 1. The summed E-state index contributed by atoms with van der Waals surface area (Å²) >= 11 is 1.92. The molecule has 31 heavy (non-hydrogen) atoms. The summed E-state index contributed by atoms with van der Waals surface area (Å²) in [5.41, 5.74) is 1.41. The molecule has 0 saturated heterocycles. The highest BCUT2D eigenvalue weighted by Crippen LogP contribution is 2.40. The molecule has 1 atom stereocenters. The van der Waals surface area contributed by atoms with Crippen LogP contribution in [0.2, 0.25) is 0 Å². The first-order valence-electron chi connectivity index (χ1n) is 10.7. The number of benzene rings is 1. The second kappa shape index (κ2) is 7.73. The zero-order valence-electron chi connectivity index (χ0n) is 17.6. The molecule has 2 aromatic heterocycles. The SMILES string of the molecule is CC(C)C1c2cc3ccc(SCC4CC4)cc3n2CCN1c1nccc(C(F)(F)F)n1. The molecule has 1 unspecified atom stereocenters. The summed E-state index contributed by atoms with van der Waals surface area (Å²) in [4.78, 5) is 11.3. The van der Waals surface area contributed by atoms with Crippen molar-refractivity contribution in [2.24, 2.45) is 11.8 Å². The highest BCUT2D eigenvalue weighted by atomic mass is 32.2. The lowest BCUT2D eigenvalue weighted by molar-refractivity contribution is -0.141. The van der Waals surface area contributed by atoms with Gasteiger partial charge in [0, 0.05) is 46.5 Å². The maximum Gasteiger partial charge on any atom is 0.433 e. The van der Waals surface area contributed by atoms with E-state index in [4.69, 9.17) is 0 Å². The number of rotatable bonds is 5. The smallest absolute Gasteiger partial charge is 0.341 e. The lowest BCUT2D eigenvalue weighted by atomic mass is 9.97. The number of anilines is 1. The van der Waals surface area contributed by atoms with Crippen molar-refractivity contribution in [3.8, 4) is 0 Å². The van der Waals surface area contributed by atoms with Gasteiger partial charge in [0.15, 0.2) is 0 Å². The molecule has 164 valence electrons. The van der Waals surface area contributed by atoms with Crippen LogP contribution in [0.25, 0.3) is 10.9 Å². The van der Waals surface area contributed by atoms with Gasteiger partial charge in [0.1, 0.15) is 5.69 Å². The number of alkyl halides is 3. The predicted octanol–water partition coefficient (Wildman–Crippen LogP) is 6.17. The third-order valence-electron chi connectivity index (χ3n) is 6.12. The molecule has 0 N–H and O–H groups in total. The minimum absolute atomic E-state index is 0.0906. The molecule has 1 fully saturated rings. The first kappa shape index (κ1) is 20.7. The number of aromatic nitrogens is 3. The number of nitrogens with zero attached hydrogens (tertiary/aromatic N) is 4. The fourth-order valence-electron chi connectivity index (χ4n) is 4.42. The standard InChI is InChI=1S/C23H25F3N4S/c1-14(2)21-19-11-16-5-6-17(31-13-15-3-4-15)12-18(16)29(19)9-10-30(21)22-27-8-7-20(28-22)23(24,25)26/h5-8,11-12,14-15,21H,3-4,9-10,13H2,1-2H3. The van der Waals surface area contributed by atoms with Crippen molar-refractivity contribution in [3.05, 3.63) is 47.9 Å². The Morgan fingerprint density at radius 2 is 1.94 bits per heavy atom. The largest absolute Gasteiger partial charge is 0.433 e. The Bertz CT molecular complexity index is 1100. The third-order valence-corrected chi connectivity index (χ3v) is 7.34. The number of hydrogen-bond donors (Lipinski definition) is 0. The predicted molar refractivity (Wildman–Crippen MR) is 117 cm³/mol. The second-order valence-corrected chi connectivity index (χ2v) is 9.91. The summed E-state index contributed by atoms with van der Waals surface area (Å²) in [7, 11) is 0. The van der Waals surface area contributed by atoms with Crippen LogP contribution in [0.3, 0.4) is 0 Å². The summed E-state index contributed by atoms with van der Waals surface area (Å²) in [6.45, 7) is 5.45. The van der Waals surface area contributed by atoms with Crippen LogP contribution >= 0.6 is 11.8 Å². The Labute approximate surface area is 183 Å². The van der Waals surface area contributed by atoms with Crippen molar-refractivity contribution in [1.29, 1.82) is 0 Å². The molecule has 5 rings (SSSR count). The molecule has 0 amide bonds. The third kappa shape index (κ3) is 4.02.